The molecule has 0 saturated carbocycles. The molecule has 4 heavy (non-hydrogen) atoms. The van der Waals surface area contributed by atoms with E-state index < -0.39 is 0 Å². The molecule has 4 heteroatoms. The quantitative estimate of drug-likeness (QED) is 0.308. The Morgan fingerprint density at radius 3 is 1.25 bits per heavy atom. The molecular formula is H5AgBiClCs. The summed E-state index contributed by atoms with van der Waals surface area (Å²) in [6.45, 7) is 0. The van der Waals surface area contributed by atoms with E-state index in [2.05, 4.69) is 0 Å². The zero-order chi connectivity index (χ0) is 0. The predicted octanol–water partition coefficient (Wildman–Crippen LogP) is -3.65. The van der Waals surface area contributed by atoms with Crippen molar-refractivity contribution in [1.29, 1.82) is 0 Å². The van der Waals surface area contributed by atoms with Gasteiger partial charge in [-0.25, -0.2) is 0 Å². The van der Waals surface area contributed by atoms with Crippen LogP contribution in [-0.4, -0.2) is 26.2 Å². The van der Waals surface area contributed by atoms with Crippen molar-refractivity contribution in [3.05, 3.63) is 0 Å². The number of rotatable bonds is 0. The van der Waals surface area contributed by atoms with Gasteiger partial charge in [-0.1, -0.05) is 0 Å². The van der Waals surface area contributed by atoms with Crippen LogP contribution in [0.25, 0.3) is 0 Å². The van der Waals surface area contributed by atoms with E-state index in [9.17, 15) is 0 Å². The molecule has 0 bridgehead atoms. The van der Waals surface area contributed by atoms with Crippen LogP contribution in [-0.2, 0) is 22.4 Å². The molecule has 0 rings (SSSR count). The summed E-state index contributed by atoms with van der Waals surface area (Å²) in [6.07, 6.45) is 0. The second kappa shape index (κ2) is 15.8. The van der Waals surface area contributed by atoms with Gasteiger partial charge in [-0.05, 0) is 0 Å². The fraction of sp³-hybridized carbons (Fsp3) is 0. The van der Waals surface area contributed by atoms with E-state index in [4.69, 9.17) is 0 Å². The maximum absolute atomic E-state index is 0. The van der Waals surface area contributed by atoms with Crippen molar-refractivity contribution >= 4 is 38.6 Å². The first-order valence-electron chi connectivity index (χ1n) is 0. The predicted molar refractivity (Wildman–Crippen MR) is 18.3 cm³/mol. The van der Waals surface area contributed by atoms with Crippen LogP contribution in [0.2, 0.25) is 0 Å². The van der Waals surface area contributed by atoms with Crippen LogP contribution < -0.4 is 68.9 Å². The summed E-state index contributed by atoms with van der Waals surface area (Å²) in [5.74, 6) is 0. The van der Waals surface area contributed by atoms with Gasteiger partial charge < -0.3 is 1.43 Å². The Labute approximate surface area is 127 Å². The molecule has 0 atom stereocenters. The Kier molecular flexibility index (Phi) is 96.9. The largest absolute Gasteiger partial charge is 1.00 e. The minimum atomic E-state index is 0. The molecule has 0 aliphatic heterocycles. The third-order valence-corrected chi connectivity index (χ3v) is 0. The Morgan fingerprint density at radius 1 is 1.25 bits per heavy atom. The molecule has 0 amide bonds. The molecule has 0 fully saturated rings. The molecule has 0 spiro atoms. The first-order valence-corrected chi connectivity index (χ1v) is 0. The first kappa shape index (κ1) is 24.6. The van der Waals surface area contributed by atoms with Crippen LogP contribution in [0.3, 0.4) is 0 Å². The van der Waals surface area contributed by atoms with Crippen molar-refractivity contribution in [1.82, 2.24) is 0 Å². The maximum Gasteiger partial charge on any atom is 1.00 e. The Morgan fingerprint density at radius 2 is 1.25 bits per heavy atom. The first-order chi connectivity index (χ1) is 0. The fourth-order valence-electron chi connectivity index (χ4n) is 0. The monoisotopic (exact) mass is 489 g/mol. The van der Waals surface area contributed by atoms with E-state index >= 15 is 0 Å². The summed E-state index contributed by atoms with van der Waals surface area (Å²) in [5, 5.41) is 0. The molecule has 29 valence electrons. The summed E-state index contributed by atoms with van der Waals surface area (Å²) >= 11 is 0. The smallest absolute Gasteiger partial charge is 1.00 e. The molecule has 0 aromatic carbocycles. The van der Waals surface area contributed by atoms with Gasteiger partial charge in [-0.3, -0.25) is 0 Å². The fourth-order valence-corrected chi connectivity index (χ4v) is 0. The van der Waals surface area contributed by atoms with Crippen LogP contribution in [0.15, 0.2) is 0 Å². The van der Waals surface area contributed by atoms with Crippen molar-refractivity contribution < 1.29 is 92.7 Å². The van der Waals surface area contributed by atoms with Crippen LogP contribution >= 0.6 is 12.4 Å². The summed E-state index contributed by atoms with van der Waals surface area (Å²) in [5.41, 5.74) is 0. The molecule has 0 unspecified atom stereocenters. The Bertz CT molecular complexity index is 11.6. The van der Waals surface area contributed by atoms with Gasteiger partial charge in [0.25, 0.3) is 0 Å². The molecule has 1 radical (unpaired) electrons. The molecule has 0 heterocycles. The zero-order valence-corrected chi connectivity index (χ0v) is 16.5. The molecule has 0 saturated heterocycles. The SMILES string of the molecule is Cl.[Ag].[BiH3].[Cs+].[H-]. The summed E-state index contributed by atoms with van der Waals surface area (Å²) in [7, 11) is 0. The van der Waals surface area contributed by atoms with Crippen molar-refractivity contribution in [2.45, 2.75) is 0 Å². The van der Waals surface area contributed by atoms with Gasteiger partial charge in [-0.2, -0.15) is 0 Å². The van der Waals surface area contributed by atoms with E-state index in [0.717, 1.165) is 0 Å². The van der Waals surface area contributed by atoms with E-state index in [1.165, 1.54) is 0 Å². The van der Waals surface area contributed by atoms with Crippen molar-refractivity contribution in [3.63, 3.8) is 0 Å². The van der Waals surface area contributed by atoms with Gasteiger partial charge in [0.15, 0.2) is 0 Å². The van der Waals surface area contributed by atoms with Crippen LogP contribution in [0.4, 0.5) is 0 Å². The van der Waals surface area contributed by atoms with Gasteiger partial charge in [0.1, 0.15) is 0 Å². The zero-order valence-electron chi connectivity index (χ0n) is 3.42. The Hall–Kier alpha value is 3.97. The topological polar surface area (TPSA) is 0 Å². The maximum atomic E-state index is 0. The van der Waals surface area contributed by atoms with E-state index in [0.29, 0.717) is 0 Å². The normalized spacial score (nSPS) is 0. The van der Waals surface area contributed by atoms with Gasteiger partial charge >= 0.3 is 95.1 Å². The molecule has 0 aromatic heterocycles. The second-order valence-electron chi connectivity index (χ2n) is 0. The third kappa shape index (κ3) is 9.35. The minimum absolute atomic E-state index is 0. The molecule has 0 aromatic rings. The van der Waals surface area contributed by atoms with Crippen LogP contribution in [0.1, 0.15) is 1.43 Å². The van der Waals surface area contributed by atoms with Crippen molar-refractivity contribution in [3.8, 4) is 0 Å². The summed E-state index contributed by atoms with van der Waals surface area (Å²) in [6, 6.07) is 0. The average molecular weight is 490 g/mol. The summed E-state index contributed by atoms with van der Waals surface area (Å²) in [4.78, 5) is 0. The number of halogens is 1. The van der Waals surface area contributed by atoms with E-state index in [1.54, 1.807) is 0 Å². The van der Waals surface area contributed by atoms with Gasteiger partial charge in [-0.15, -0.1) is 12.4 Å². The van der Waals surface area contributed by atoms with Gasteiger partial charge in [0.05, 0.1) is 0 Å². The average Bonchev–Trinajstić information content (AvgIpc) is 0. The van der Waals surface area contributed by atoms with E-state index in [1.807, 2.05) is 0 Å². The molecule has 0 aliphatic carbocycles. The summed E-state index contributed by atoms with van der Waals surface area (Å²) < 4.78 is 0. The standard InChI is InChI=1S/Ag.Bi.ClH.Cs.4H/h;;1H;;;;;/q;;;+1;;;;-1. The third-order valence-electron chi connectivity index (χ3n) is 0. The second-order valence-corrected chi connectivity index (χ2v) is 0. The molecule has 0 N–H and O–H groups in total. The van der Waals surface area contributed by atoms with Crippen LogP contribution in [0.5, 0.6) is 0 Å². The molecule has 0 aliphatic rings. The van der Waals surface area contributed by atoms with E-state index in [-0.39, 0.29) is 131 Å². The Balaban J connectivity index is 0. The van der Waals surface area contributed by atoms with Crippen molar-refractivity contribution in [2.75, 3.05) is 0 Å². The van der Waals surface area contributed by atoms with Gasteiger partial charge in [0.2, 0.25) is 0 Å². The molecule has 0 nitrogen and oxygen atoms in total. The molecular weight excluding hydrogens is 485 g/mol. The number of hydrogen-bond acceptors (Lipinski definition) is 0. The minimum Gasteiger partial charge on any atom is -1.00 e. The number of hydrogen-bond donors (Lipinski definition) is 0. The van der Waals surface area contributed by atoms with Crippen molar-refractivity contribution in [2.24, 2.45) is 0 Å². The van der Waals surface area contributed by atoms with Crippen LogP contribution in [0, 0.1) is 0 Å². The van der Waals surface area contributed by atoms with Gasteiger partial charge in [0, 0.05) is 22.4 Å².